The second-order valence-corrected chi connectivity index (χ2v) is 12.4. The summed E-state index contributed by atoms with van der Waals surface area (Å²) in [5.74, 6) is -1.30. The van der Waals surface area contributed by atoms with Crippen LogP contribution in [0, 0.1) is 16.7 Å². The Bertz CT molecular complexity index is 1170. The third-order valence-electron chi connectivity index (χ3n) is 5.85. The molecule has 2 amide bonds. The molecule has 1 N–H and O–H groups in total. The van der Waals surface area contributed by atoms with E-state index < -0.39 is 56.7 Å². The number of hydrogen-bond donors (Lipinski definition) is 1. The molecule has 2 fully saturated rings. The summed E-state index contributed by atoms with van der Waals surface area (Å²) in [6, 6.07) is 3.99. The number of carbonyl (C=O) groups excluding carboxylic acids is 2. The van der Waals surface area contributed by atoms with Crippen molar-refractivity contribution in [1.82, 2.24) is 10.2 Å². The molecule has 2 unspecified atom stereocenters. The molecule has 1 aliphatic carbocycles. The minimum absolute atomic E-state index is 0.222. The lowest BCUT2D eigenvalue weighted by Gasteiger charge is -2.30. The van der Waals surface area contributed by atoms with Crippen molar-refractivity contribution in [3.63, 3.8) is 0 Å². The van der Waals surface area contributed by atoms with E-state index in [0.29, 0.717) is 12.8 Å². The monoisotopic (exact) mass is 535 g/mol. The van der Waals surface area contributed by atoms with Gasteiger partial charge in [-0.1, -0.05) is 32.4 Å². The molecule has 0 radical (unpaired) electrons. The normalized spacial score (nSPS) is 21.8. The Kier molecular flexibility index (Phi) is 7.09. The van der Waals surface area contributed by atoms with E-state index in [4.69, 9.17) is 11.6 Å². The standard InChI is InChI=1S/C22H25ClF3N3O5S/c1-20(2,3)19(31)29-10-14(9-16(29)18(30)28-21(11-27)6-7-21)35(32,33)17-5-4-13(8-15(17)23)34-12-22(24,25)26/h4-5,8,14,16H,6-7,9-10,12H2,1-3H3,(H,28,30). The van der Waals surface area contributed by atoms with Gasteiger partial charge in [0.05, 0.1) is 21.2 Å². The Morgan fingerprint density at radius 2 is 1.91 bits per heavy atom. The molecule has 2 atom stereocenters. The molecular formula is C22H25ClF3N3O5S. The number of ether oxygens (including phenoxy) is 1. The number of nitriles is 1. The molecule has 8 nitrogen and oxygen atoms in total. The van der Waals surface area contributed by atoms with Crippen molar-refractivity contribution in [2.75, 3.05) is 13.2 Å². The molecule has 1 saturated carbocycles. The van der Waals surface area contributed by atoms with Crippen LogP contribution in [0.4, 0.5) is 13.2 Å². The van der Waals surface area contributed by atoms with Gasteiger partial charge in [0.15, 0.2) is 16.4 Å². The molecule has 1 aromatic carbocycles. The van der Waals surface area contributed by atoms with Crippen molar-refractivity contribution in [3.8, 4) is 11.8 Å². The summed E-state index contributed by atoms with van der Waals surface area (Å²) >= 11 is 6.09. The Hall–Kier alpha value is -2.52. The molecule has 0 aromatic heterocycles. The van der Waals surface area contributed by atoms with Gasteiger partial charge in [-0.05, 0) is 31.4 Å². The van der Waals surface area contributed by atoms with Crippen LogP contribution in [0.15, 0.2) is 23.1 Å². The number of likely N-dealkylation sites (tertiary alicyclic amines) is 1. The van der Waals surface area contributed by atoms with Crippen molar-refractivity contribution in [2.45, 2.75) is 67.9 Å². The molecule has 1 aromatic rings. The molecule has 192 valence electrons. The Balaban J connectivity index is 1.87. The van der Waals surface area contributed by atoms with Crippen LogP contribution in [-0.2, 0) is 19.4 Å². The highest BCUT2D eigenvalue weighted by Crippen LogP contribution is 2.38. The number of alkyl halides is 3. The van der Waals surface area contributed by atoms with Crippen molar-refractivity contribution in [2.24, 2.45) is 5.41 Å². The van der Waals surface area contributed by atoms with Crippen molar-refractivity contribution >= 4 is 33.3 Å². The van der Waals surface area contributed by atoms with Gasteiger partial charge in [0.2, 0.25) is 11.8 Å². The lowest BCUT2D eigenvalue weighted by Crippen LogP contribution is -2.51. The molecule has 35 heavy (non-hydrogen) atoms. The molecule has 13 heteroatoms. The Morgan fingerprint density at radius 1 is 1.29 bits per heavy atom. The lowest BCUT2D eigenvalue weighted by molar-refractivity contribution is -0.153. The molecule has 2 aliphatic rings. The second-order valence-electron chi connectivity index (χ2n) is 9.81. The Labute approximate surface area is 206 Å². The van der Waals surface area contributed by atoms with Crippen LogP contribution in [0.2, 0.25) is 5.02 Å². The zero-order valence-corrected chi connectivity index (χ0v) is 20.9. The number of sulfone groups is 1. The SMILES string of the molecule is CC(C)(C)C(=O)N1CC(S(=O)(=O)c2ccc(OCC(F)(F)F)cc2Cl)CC1C(=O)NC1(C#N)CC1. The fourth-order valence-electron chi connectivity index (χ4n) is 3.78. The highest BCUT2D eigenvalue weighted by Gasteiger charge is 2.51. The predicted molar refractivity (Wildman–Crippen MR) is 119 cm³/mol. The average Bonchev–Trinajstić information content (AvgIpc) is 3.35. The first-order valence-electron chi connectivity index (χ1n) is 10.8. The van der Waals surface area contributed by atoms with Gasteiger partial charge < -0.3 is 15.0 Å². The van der Waals surface area contributed by atoms with Crippen LogP contribution in [0.25, 0.3) is 0 Å². The molecular weight excluding hydrogens is 511 g/mol. The smallest absolute Gasteiger partial charge is 0.422 e. The third kappa shape index (κ3) is 6.01. The number of hydrogen-bond acceptors (Lipinski definition) is 6. The zero-order valence-electron chi connectivity index (χ0n) is 19.3. The molecule has 1 saturated heterocycles. The Morgan fingerprint density at radius 3 is 2.40 bits per heavy atom. The average molecular weight is 536 g/mol. The van der Waals surface area contributed by atoms with E-state index in [0.717, 1.165) is 18.2 Å². The van der Waals surface area contributed by atoms with Crippen molar-refractivity contribution in [1.29, 1.82) is 5.26 Å². The van der Waals surface area contributed by atoms with Gasteiger partial charge in [0.1, 0.15) is 17.3 Å². The first kappa shape index (κ1) is 27.1. The maximum Gasteiger partial charge on any atom is 0.422 e. The summed E-state index contributed by atoms with van der Waals surface area (Å²) in [6.07, 6.45) is -3.87. The highest BCUT2D eigenvalue weighted by molar-refractivity contribution is 7.92. The highest BCUT2D eigenvalue weighted by atomic mass is 35.5. The van der Waals surface area contributed by atoms with Gasteiger partial charge in [-0.15, -0.1) is 0 Å². The van der Waals surface area contributed by atoms with Gasteiger partial charge in [0, 0.05) is 18.0 Å². The van der Waals surface area contributed by atoms with Crippen LogP contribution in [0.5, 0.6) is 5.75 Å². The van der Waals surface area contributed by atoms with Gasteiger partial charge in [-0.25, -0.2) is 8.42 Å². The molecule has 1 heterocycles. The van der Waals surface area contributed by atoms with Crippen LogP contribution >= 0.6 is 11.6 Å². The summed E-state index contributed by atoms with van der Waals surface area (Å²) in [4.78, 5) is 26.9. The van der Waals surface area contributed by atoms with E-state index in [1.54, 1.807) is 20.8 Å². The third-order valence-corrected chi connectivity index (χ3v) is 8.46. The fourth-order valence-corrected chi connectivity index (χ4v) is 6.01. The second kappa shape index (κ2) is 9.17. The first-order valence-corrected chi connectivity index (χ1v) is 12.7. The number of carbonyl (C=O) groups is 2. The van der Waals surface area contributed by atoms with Gasteiger partial charge in [-0.3, -0.25) is 9.59 Å². The van der Waals surface area contributed by atoms with Crippen LogP contribution in [0.3, 0.4) is 0 Å². The molecule has 3 rings (SSSR count). The number of nitrogens with zero attached hydrogens (tertiary/aromatic N) is 2. The predicted octanol–water partition coefficient (Wildman–Crippen LogP) is 3.24. The zero-order chi connectivity index (χ0) is 26.4. The van der Waals surface area contributed by atoms with E-state index >= 15 is 0 Å². The minimum Gasteiger partial charge on any atom is -0.484 e. The number of amides is 2. The number of benzene rings is 1. The number of rotatable bonds is 6. The minimum atomic E-state index is -4.58. The number of halogens is 4. The summed E-state index contributed by atoms with van der Waals surface area (Å²) < 4.78 is 68.6. The largest absolute Gasteiger partial charge is 0.484 e. The maximum absolute atomic E-state index is 13.4. The van der Waals surface area contributed by atoms with E-state index in [-0.39, 0.29) is 28.6 Å². The fraction of sp³-hybridized carbons (Fsp3) is 0.591. The lowest BCUT2D eigenvalue weighted by atomic mass is 9.94. The first-order chi connectivity index (χ1) is 16.0. The van der Waals surface area contributed by atoms with Crippen LogP contribution in [-0.4, -0.2) is 61.3 Å². The quantitative estimate of drug-likeness (QED) is 0.598. The molecule has 0 spiro atoms. The molecule has 1 aliphatic heterocycles. The summed E-state index contributed by atoms with van der Waals surface area (Å²) in [5, 5.41) is 10.4. The van der Waals surface area contributed by atoms with E-state index in [9.17, 15) is 36.4 Å². The topological polar surface area (TPSA) is 117 Å². The summed E-state index contributed by atoms with van der Waals surface area (Å²) in [6.45, 7) is 3.07. The van der Waals surface area contributed by atoms with Crippen molar-refractivity contribution < 1.29 is 35.9 Å². The van der Waals surface area contributed by atoms with Gasteiger partial charge in [0.25, 0.3) is 0 Å². The van der Waals surface area contributed by atoms with Gasteiger partial charge in [-0.2, -0.15) is 18.4 Å². The van der Waals surface area contributed by atoms with E-state index in [1.165, 1.54) is 4.90 Å². The van der Waals surface area contributed by atoms with E-state index in [2.05, 4.69) is 10.1 Å². The van der Waals surface area contributed by atoms with Crippen molar-refractivity contribution in [3.05, 3.63) is 23.2 Å². The van der Waals surface area contributed by atoms with Crippen LogP contribution in [0.1, 0.15) is 40.0 Å². The number of nitrogens with one attached hydrogen (secondary N) is 1. The van der Waals surface area contributed by atoms with E-state index in [1.807, 2.05) is 6.07 Å². The maximum atomic E-state index is 13.4. The van der Waals surface area contributed by atoms with Crippen LogP contribution < -0.4 is 10.1 Å². The van der Waals surface area contributed by atoms with Gasteiger partial charge >= 0.3 is 6.18 Å². The molecule has 0 bridgehead atoms. The summed E-state index contributed by atoms with van der Waals surface area (Å²) in [5.41, 5.74) is -1.90. The summed E-state index contributed by atoms with van der Waals surface area (Å²) in [7, 11) is -4.19.